The Kier molecular flexibility index (Phi) is 4.09. The zero-order valence-corrected chi connectivity index (χ0v) is 14.2. The van der Waals surface area contributed by atoms with Crippen LogP contribution in [0.4, 0.5) is 0 Å². The number of amides is 1. The largest absolute Gasteiger partial charge is 0.439 e. The molecule has 108 valence electrons. The predicted molar refractivity (Wildman–Crippen MR) is 84.1 cm³/mol. The fourth-order valence-corrected chi connectivity index (χ4v) is 2.85. The van der Waals surface area contributed by atoms with Crippen LogP contribution in [0.25, 0.3) is 0 Å². The highest BCUT2D eigenvalue weighted by atomic mass is 127. The number of nitrogens with zero attached hydrogens (tertiary/aromatic N) is 1. The van der Waals surface area contributed by atoms with Crippen molar-refractivity contribution in [1.82, 2.24) is 4.90 Å². The van der Waals surface area contributed by atoms with Crippen LogP contribution in [-0.4, -0.2) is 29.0 Å². The van der Waals surface area contributed by atoms with Crippen molar-refractivity contribution < 1.29 is 14.3 Å². The Balaban J connectivity index is 2.41. The van der Waals surface area contributed by atoms with E-state index in [2.05, 4.69) is 22.6 Å². The highest BCUT2D eigenvalue weighted by molar-refractivity contribution is 14.1. The van der Waals surface area contributed by atoms with E-state index in [-0.39, 0.29) is 17.3 Å². The van der Waals surface area contributed by atoms with Crippen LogP contribution >= 0.6 is 22.6 Å². The molecule has 0 aromatic heterocycles. The minimum Gasteiger partial charge on any atom is -0.439 e. The van der Waals surface area contributed by atoms with Gasteiger partial charge in [0.15, 0.2) is 6.23 Å². The van der Waals surface area contributed by atoms with Gasteiger partial charge in [-0.15, -0.1) is 0 Å². The van der Waals surface area contributed by atoms with Crippen LogP contribution in [0.2, 0.25) is 0 Å². The van der Waals surface area contributed by atoms with E-state index in [1.807, 2.05) is 39.0 Å². The molecule has 1 amide bonds. The summed E-state index contributed by atoms with van der Waals surface area (Å²) in [7, 11) is 0. The average molecular weight is 387 g/mol. The molecule has 1 heterocycles. The molecule has 4 nitrogen and oxygen atoms in total. The van der Waals surface area contributed by atoms with Gasteiger partial charge in [0.1, 0.15) is 6.04 Å². The quantitative estimate of drug-likeness (QED) is 0.550. The van der Waals surface area contributed by atoms with Crippen molar-refractivity contribution in [3.05, 3.63) is 33.4 Å². The maximum atomic E-state index is 12.8. The summed E-state index contributed by atoms with van der Waals surface area (Å²) in [5, 5.41) is 0. The van der Waals surface area contributed by atoms with Crippen LogP contribution < -0.4 is 0 Å². The average Bonchev–Trinajstić information content (AvgIpc) is 2.66. The molecule has 1 saturated heterocycles. The molecule has 1 aliphatic rings. The number of esters is 1. The van der Waals surface area contributed by atoms with Crippen molar-refractivity contribution in [2.75, 3.05) is 0 Å². The Morgan fingerprint density at radius 2 is 1.90 bits per heavy atom. The van der Waals surface area contributed by atoms with Gasteiger partial charge in [-0.1, -0.05) is 32.9 Å². The maximum absolute atomic E-state index is 12.8. The van der Waals surface area contributed by atoms with Crippen molar-refractivity contribution in [3.63, 3.8) is 0 Å². The Morgan fingerprint density at radius 3 is 2.45 bits per heavy atom. The van der Waals surface area contributed by atoms with Gasteiger partial charge in [-0.25, -0.2) is 4.79 Å². The molecule has 0 bridgehead atoms. The van der Waals surface area contributed by atoms with Crippen LogP contribution in [-0.2, 0) is 9.53 Å². The van der Waals surface area contributed by atoms with Crippen LogP contribution in [0.3, 0.4) is 0 Å². The molecule has 20 heavy (non-hydrogen) atoms. The molecule has 0 aliphatic carbocycles. The highest BCUT2D eigenvalue weighted by Gasteiger charge is 2.48. The fourth-order valence-electron chi connectivity index (χ4n) is 2.23. The number of hydrogen-bond donors (Lipinski definition) is 0. The number of halogens is 1. The van der Waals surface area contributed by atoms with Gasteiger partial charge in [-0.05, 0) is 41.6 Å². The number of rotatable bonds is 1. The lowest BCUT2D eigenvalue weighted by atomic mass is 9.93. The number of carbonyl (C=O) groups is 2. The summed E-state index contributed by atoms with van der Waals surface area (Å²) in [6, 6.07) is 6.81. The first-order valence-corrected chi connectivity index (χ1v) is 7.59. The van der Waals surface area contributed by atoms with E-state index in [9.17, 15) is 9.59 Å². The van der Waals surface area contributed by atoms with E-state index in [4.69, 9.17) is 4.74 Å². The summed E-state index contributed by atoms with van der Waals surface area (Å²) < 4.78 is 6.27. The molecule has 0 radical (unpaired) electrons. The first-order chi connectivity index (χ1) is 9.23. The molecule has 1 aromatic carbocycles. The summed E-state index contributed by atoms with van der Waals surface area (Å²) in [6.45, 7) is 7.58. The van der Waals surface area contributed by atoms with Crippen molar-refractivity contribution >= 4 is 34.5 Å². The second-order valence-corrected chi connectivity index (χ2v) is 7.19. The molecule has 2 rings (SSSR count). The first kappa shape index (κ1) is 15.3. The van der Waals surface area contributed by atoms with Gasteiger partial charge in [0.2, 0.25) is 0 Å². The normalized spacial score (nSPS) is 22.9. The van der Waals surface area contributed by atoms with Gasteiger partial charge in [0.25, 0.3) is 5.91 Å². The van der Waals surface area contributed by atoms with E-state index >= 15 is 0 Å². The Labute approximate surface area is 132 Å². The zero-order chi connectivity index (χ0) is 15.1. The fraction of sp³-hybridized carbons (Fsp3) is 0.467. The van der Waals surface area contributed by atoms with Gasteiger partial charge in [-0.2, -0.15) is 0 Å². The van der Waals surface area contributed by atoms with E-state index < -0.39 is 12.3 Å². The Morgan fingerprint density at radius 1 is 1.30 bits per heavy atom. The molecule has 0 N–H and O–H groups in total. The molecule has 0 spiro atoms. The standard InChI is InChI=1S/C15H18INO3/c1-9-13(19)20-14(15(2,3)4)17(9)12(18)10-7-5-6-8-11(10)16/h5-9,14H,1-4H3/t9-,14-/m0/s1. The Bertz CT molecular complexity index is 550. The molecule has 0 unspecified atom stereocenters. The third kappa shape index (κ3) is 2.68. The lowest BCUT2D eigenvalue weighted by molar-refractivity contribution is -0.147. The second kappa shape index (κ2) is 5.35. The molecule has 1 fully saturated rings. The van der Waals surface area contributed by atoms with Crippen LogP contribution in [0, 0.1) is 8.99 Å². The summed E-state index contributed by atoms with van der Waals surface area (Å²) in [4.78, 5) is 26.2. The SMILES string of the molecule is C[C@H]1C(=O)O[C@@H](C(C)(C)C)N1C(=O)c1ccccc1I. The third-order valence-electron chi connectivity index (χ3n) is 3.32. The van der Waals surface area contributed by atoms with Crippen LogP contribution in [0.15, 0.2) is 24.3 Å². The first-order valence-electron chi connectivity index (χ1n) is 6.51. The maximum Gasteiger partial charge on any atom is 0.330 e. The number of carbonyl (C=O) groups excluding carboxylic acids is 2. The molecule has 5 heteroatoms. The van der Waals surface area contributed by atoms with E-state index in [0.717, 1.165) is 3.57 Å². The minimum absolute atomic E-state index is 0.159. The van der Waals surface area contributed by atoms with Gasteiger partial charge in [-0.3, -0.25) is 9.69 Å². The van der Waals surface area contributed by atoms with Gasteiger partial charge in [0.05, 0.1) is 5.56 Å². The lowest BCUT2D eigenvalue weighted by Crippen LogP contribution is -2.47. The lowest BCUT2D eigenvalue weighted by Gasteiger charge is -2.33. The number of benzene rings is 1. The molecule has 1 aromatic rings. The second-order valence-electron chi connectivity index (χ2n) is 6.02. The van der Waals surface area contributed by atoms with Crippen molar-refractivity contribution in [2.24, 2.45) is 5.41 Å². The highest BCUT2D eigenvalue weighted by Crippen LogP contribution is 2.33. The summed E-state index contributed by atoms with van der Waals surface area (Å²) in [5.41, 5.74) is 0.281. The number of ether oxygens (including phenoxy) is 1. The van der Waals surface area contributed by atoms with E-state index in [1.54, 1.807) is 17.9 Å². The summed E-state index contributed by atoms with van der Waals surface area (Å²) >= 11 is 2.13. The van der Waals surface area contributed by atoms with Crippen molar-refractivity contribution in [1.29, 1.82) is 0 Å². The van der Waals surface area contributed by atoms with Gasteiger partial charge in [0, 0.05) is 8.99 Å². The van der Waals surface area contributed by atoms with E-state index in [1.165, 1.54) is 0 Å². The summed E-state index contributed by atoms with van der Waals surface area (Å²) in [6.07, 6.45) is -0.534. The minimum atomic E-state index is -0.553. The molecule has 1 aliphatic heterocycles. The van der Waals surface area contributed by atoms with E-state index in [0.29, 0.717) is 5.56 Å². The zero-order valence-electron chi connectivity index (χ0n) is 12.0. The number of cyclic esters (lactones) is 1. The van der Waals surface area contributed by atoms with Crippen molar-refractivity contribution in [3.8, 4) is 0 Å². The van der Waals surface area contributed by atoms with Gasteiger partial charge >= 0.3 is 5.97 Å². The Hall–Kier alpha value is -1.11. The third-order valence-corrected chi connectivity index (χ3v) is 4.26. The molecular weight excluding hydrogens is 369 g/mol. The molecule has 2 atom stereocenters. The summed E-state index contributed by atoms with van der Waals surface area (Å²) in [5.74, 6) is -0.502. The smallest absolute Gasteiger partial charge is 0.330 e. The van der Waals surface area contributed by atoms with Crippen molar-refractivity contribution in [2.45, 2.75) is 40.0 Å². The number of hydrogen-bond acceptors (Lipinski definition) is 3. The van der Waals surface area contributed by atoms with Gasteiger partial charge < -0.3 is 4.74 Å². The monoisotopic (exact) mass is 387 g/mol. The molecular formula is C15H18INO3. The molecule has 0 saturated carbocycles. The van der Waals surface area contributed by atoms with Crippen LogP contribution in [0.1, 0.15) is 38.1 Å². The predicted octanol–water partition coefficient (Wildman–Crippen LogP) is 3.05. The topological polar surface area (TPSA) is 46.6 Å². The van der Waals surface area contributed by atoms with Crippen LogP contribution in [0.5, 0.6) is 0 Å².